The minimum Gasteiger partial charge on any atom is -0.386 e. The van der Waals surface area contributed by atoms with Gasteiger partial charge in [-0.05, 0) is 36.6 Å². The predicted molar refractivity (Wildman–Crippen MR) is 67.9 cm³/mol. The van der Waals surface area contributed by atoms with Crippen molar-refractivity contribution in [2.24, 2.45) is 21.9 Å². The molecule has 0 fully saturated rings. The number of nitrogens with two attached hydrogens (primary N) is 1. The highest BCUT2D eigenvalue weighted by molar-refractivity contribution is 6.05. The van der Waals surface area contributed by atoms with Crippen LogP contribution in [0.1, 0.15) is 30.0 Å². The lowest BCUT2D eigenvalue weighted by Crippen LogP contribution is -2.25. The zero-order valence-electron chi connectivity index (χ0n) is 9.99. The van der Waals surface area contributed by atoms with E-state index in [1.54, 1.807) is 0 Å². The lowest BCUT2D eigenvalue weighted by atomic mass is 9.92. The Hall–Kier alpha value is -1.64. The van der Waals surface area contributed by atoms with Crippen molar-refractivity contribution in [3.63, 3.8) is 0 Å². The summed E-state index contributed by atoms with van der Waals surface area (Å²) in [5.74, 6) is 0.972. The Bertz CT molecular complexity index is 472. The maximum absolute atomic E-state index is 5.66. The molecule has 2 rings (SSSR count). The second-order valence-electron chi connectivity index (χ2n) is 4.48. The maximum Gasteiger partial charge on any atom is 0.123 e. The second kappa shape index (κ2) is 4.08. The van der Waals surface area contributed by atoms with Gasteiger partial charge in [0.25, 0.3) is 0 Å². The van der Waals surface area contributed by atoms with E-state index in [1.807, 2.05) is 0 Å². The molecule has 1 aliphatic heterocycles. The average molecular weight is 215 g/mol. The fourth-order valence-electron chi connectivity index (χ4n) is 1.91. The number of hydrogen-bond acceptors (Lipinski definition) is 3. The highest BCUT2D eigenvalue weighted by atomic mass is 15.2. The van der Waals surface area contributed by atoms with E-state index in [4.69, 9.17) is 5.73 Å². The van der Waals surface area contributed by atoms with Crippen LogP contribution in [0.2, 0.25) is 0 Å². The lowest BCUT2D eigenvalue weighted by Gasteiger charge is -2.17. The third-order valence-electron chi connectivity index (χ3n) is 3.07. The van der Waals surface area contributed by atoms with E-state index >= 15 is 0 Å². The fraction of sp³-hybridized carbons (Fsp3) is 0.385. The normalized spacial score (nSPS) is 20.3. The molecule has 3 heteroatoms. The predicted octanol–water partition coefficient (Wildman–Crippen LogP) is 2.40. The second-order valence-corrected chi connectivity index (χ2v) is 4.48. The Kier molecular flexibility index (Phi) is 2.77. The van der Waals surface area contributed by atoms with Crippen LogP contribution in [0.15, 0.2) is 28.4 Å². The van der Waals surface area contributed by atoms with Crippen molar-refractivity contribution in [1.82, 2.24) is 0 Å². The van der Waals surface area contributed by atoms with E-state index in [2.05, 4.69) is 49.2 Å². The van der Waals surface area contributed by atoms with Crippen LogP contribution in [-0.2, 0) is 0 Å². The molecule has 0 aromatic heterocycles. The fourth-order valence-corrected chi connectivity index (χ4v) is 1.91. The first-order valence-electron chi connectivity index (χ1n) is 5.55. The van der Waals surface area contributed by atoms with Crippen LogP contribution in [0.5, 0.6) is 0 Å². The summed E-state index contributed by atoms with van der Waals surface area (Å²) in [5, 5.41) is 8.18. The van der Waals surface area contributed by atoms with Crippen molar-refractivity contribution in [2.45, 2.75) is 27.2 Å². The van der Waals surface area contributed by atoms with Gasteiger partial charge in [-0.25, -0.2) is 0 Å². The molecule has 0 amide bonds. The lowest BCUT2D eigenvalue weighted by molar-refractivity contribution is 0.783. The van der Waals surface area contributed by atoms with E-state index < -0.39 is 0 Å². The molecular formula is C13H17N3. The van der Waals surface area contributed by atoms with Crippen LogP contribution in [0.25, 0.3) is 0 Å². The van der Waals surface area contributed by atoms with Crippen LogP contribution in [-0.4, -0.2) is 11.5 Å². The first-order chi connectivity index (χ1) is 7.58. The molecule has 1 aliphatic rings. The van der Waals surface area contributed by atoms with Gasteiger partial charge in [-0.2, -0.15) is 5.10 Å². The molecule has 1 aromatic rings. The minimum atomic E-state index is 0.347. The number of hydrogen-bond donors (Lipinski definition) is 1. The van der Waals surface area contributed by atoms with Crippen LogP contribution >= 0.6 is 0 Å². The molecule has 0 saturated carbocycles. The Morgan fingerprint density at radius 3 is 2.56 bits per heavy atom. The Morgan fingerprint density at radius 2 is 1.94 bits per heavy atom. The number of aryl methyl sites for hydroxylation is 2. The van der Waals surface area contributed by atoms with Gasteiger partial charge in [0.05, 0.1) is 5.71 Å². The Labute approximate surface area is 96.1 Å². The Balaban J connectivity index is 2.41. The summed E-state index contributed by atoms with van der Waals surface area (Å²) in [5.41, 5.74) is 10.4. The smallest absolute Gasteiger partial charge is 0.123 e. The zero-order chi connectivity index (χ0) is 11.7. The van der Waals surface area contributed by atoms with Crippen LogP contribution in [0, 0.1) is 19.8 Å². The molecule has 0 bridgehead atoms. The summed E-state index contributed by atoms with van der Waals surface area (Å²) in [6.45, 7) is 6.36. The van der Waals surface area contributed by atoms with E-state index in [-0.39, 0.29) is 0 Å². The average Bonchev–Trinajstić information content (AvgIpc) is 2.22. The van der Waals surface area contributed by atoms with E-state index in [1.165, 1.54) is 11.1 Å². The molecular weight excluding hydrogens is 198 g/mol. The topological polar surface area (TPSA) is 50.7 Å². The molecule has 0 spiro atoms. The first kappa shape index (κ1) is 10.9. The maximum atomic E-state index is 5.66. The summed E-state index contributed by atoms with van der Waals surface area (Å²) < 4.78 is 0. The molecule has 3 nitrogen and oxygen atoms in total. The van der Waals surface area contributed by atoms with Crippen molar-refractivity contribution in [1.29, 1.82) is 0 Å². The van der Waals surface area contributed by atoms with Crippen LogP contribution in [0.4, 0.5) is 0 Å². The summed E-state index contributed by atoms with van der Waals surface area (Å²) in [4.78, 5) is 0. The third-order valence-corrected chi connectivity index (χ3v) is 3.07. The van der Waals surface area contributed by atoms with Crippen molar-refractivity contribution < 1.29 is 0 Å². The molecule has 1 unspecified atom stereocenters. The van der Waals surface area contributed by atoms with Crippen molar-refractivity contribution in [3.05, 3.63) is 34.9 Å². The minimum absolute atomic E-state index is 0.347. The van der Waals surface area contributed by atoms with Gasteiger partial charge in [0, 0.05) is 12.3 Å². The molecule has 2 N–H and O–H groups in total. The number of benzene rings is 1. The van der Waals surface area contributed by atoms with E-state index in [0.717, 1.165) is 17.7 Å². The van der Waals surface area contributed by atoms with E-state index in [9.17, 15) is 0 Å². The van der Waals surface area contributed by atoms with Gasteiger partial charge < -0.3 is 5.73 Å². The molecule has 0 saturated heterocycles. The number of nitrogens with zero attached hydrogens (tertiary/aromatic N) is 2. The van der Waals surface area contributed by atoms with Gasteiger partial charge >= 0.3 is 0 Å². The van der Waals surface area contributed by atoms with Crippen molar-refractivity contribution in [3.8, 4) is 0 Å². The highest BCUT2D eigenvalue weighted by Crippen LogP contribution is 2.19. The molecule has 1 aromatic carbocycles. The van der Waals surface area contributed by atoms with Crippen LogP contribution in [0.3, 0.4) is 0 Å². The Morgan fingerprint density at radius 1 is 1.19 bits per heavy atom. The van der Waals surface area contributed by atoms with Crippen LogP contribution < -0.4 is 5.73 Å². The van der Waals surface area contributed by atoms with Gasteiger partial charge in [0.2, 0.25) is 0 Å². The number of rotatable bonds is 1. The molecule has 1 heterocycles. The summed E-state index contributed by atoms with van der Waals surface area (Å²) >= 11 is 0. The van der Waals surface area contributed by atoms with Gasteiger partial charge in [-0.1, -0.05) is 19.1 Å². The van der Waals surface area contributed by atoms with Crippen molar-refractivity contribution in [2.75, 3.05) is 0 Å². The summed E-state index contributed by atoms with van der Waals surface area (Å²) in [6, 6.07) is 6.40. The quantitative estimate of drug-likeness (QED) is 0.768. The standard InChI is InChI=1S/C13H17N3/c1-8-4-5-11(6-9(8)2)13-10(3)7-12(14)15-16-13/h4-6,10H,7H2,1-3H3,(H2,14,15). The third kappa shape index (κ3) is 1.98. The first-order valence-corrected chi connectivity index (χ1v) is 5.55. The van der Waals surface area contributed by atoms with Gasteiger partial charge in [-0.15, -0.1) is 5.10 Å². The van der Waals surface area contributed by atoms with Crippen molar-refractivity contribution >= 4 is 11.5 Å². The number of amidine groups is 1. The monoisotopic (exact) mass is 215 g/mol. The molecule has 1 atom stereocenters. The largest absolute Gasteiger partial charge is 0.386 e. The molecule has 16 heavy (non-hydrogen) atoms. The van der Waals surface area contributed by atoms with Gasteiger partial charge in [0.1, 0.15) is 5.84 Å². The highest BCUT2D eigenvalue weighted by Gasteiger charge is 2.18. The molecule has 0 aliphatic carbocycles. The van der Waals surface area contributed by atoms with Gasteiger partial charge in [-0.3, -0.25) is 0 Å². The molecule has 84 valence electrons. The summed E-state index contributed by atoms with van der Waals surface area (Å²) in [7, 11) is 0. The SMILES string of the molecule is Cc1ccc(C2=NN=C(N)CC2C)cc1C. The van der Waals surface area contributed by atoms with E-state index in [0.29, 0.717) is 11.8 Å². The van der Waals surface area contributed by atoms with Gasteiger partial charge in [0.15, 0.2) is 0 Å². The zero-order valence-corrected chi connectivity index (χ0v) is 9.99. The summed E-state index contributed by atoms with van der Waals surface area (Å²) in [6.07, 6.45) is 0.797. The molecule has 0 radical (unpaired) electrons.